The Morgan fingerprint density at radius 2 is 2.15 bits per heavy atom. The second-order valence-electron chi connectivity index (χ2n) is 4.50. The summed E-state index contributed by atoms with van der Waals surface area (Å²) in [7, 11) is 1.63. The van der Waals surface area contributed by atoms with E-state index in [-0.39, 0.29) is 11.6 Å². The maximum absolute atomic E-state index is 13.7. The number of aromatic nitrogens is 1. The maximum Gasteiger partial charge on any atom is 0.257 e. The molecule has 1 atom stereocenters. The number of rotatable bonds is 3. The molecule has 2 rings (SSSR count). The largest absolute Gasteiger partial charge is 0.335 e. The van der Waals surface area contributed by atoms with Gasteiger partial charge in [0.25, 0.3) is 5.91 Å². The zero-order valence-electron chi connectivity index (χ0n) is 11.2. The summed E-state index contributed by atoms with van der Waals surface area (Å²) in [6.45, 7) is 1.86. The Labute approximate surface area is 122 Å². The normalized spacial score (nSPS) is 12.0. The van der Waals surface area contributed by atoms with Gasteiger partial charge < -0.3 is 4.90 Å². The number of benzene rings is 1. The molecule has 20 heavy (non-hydrogen) atoms. The smallest absolute Gasteiger partial charge is 0.257 e. The highest BCUT2D eigenvalue weighted by atomic mass is 35.5. The van der Waals surface area contributed by atoms with Gasteiger partial charge in [-0.25, -0.2) is 4.39 Å². The van der Waals surface area contributed by atoms with E-state index in [9.17, 15) is 9.18 Å². The molecule has 0 radical (unpaired) electrons. The Morgan fingerprint density at radius 1 is 1.40 bits per heavy atom. The second kappa shape index (κ2) is 6.01. The summed E-state index contributed by atoms with van der Waals surface area (Å²) in [4.78, 5) is 17.8. The van der Waals surface area contributed by atoms with Crippen molar-refractivity contribution < 1.29 is 9.18 Å². The van der Waals surface area contributed by atoms with Crippen molar-refractivity contribution in [2.45, 2.75) is 13.0 Å². The highest BCUT2D eigenvalue weighted by Gasteiger charge is 2.21. The van der Waals surface area contributed by atoms with Gasteiger partial charge in [0.2, 0.25) is 0 Å². The van der Waals surface area contributed by atoms with Gasteiger partial charge in [0, 0.05) is 24.5 Å². The van der Waals surface area contributed by atoms with Gasteiger partial charge in [-0.05, 0) is 36.8 Å². The lowest BCUT2D eigenvalue weighted by atomic mass is 10.1. The maximum atomic E-state index is 13.7. The third-order valence-electron chi connectivity index (χ3n) is 3.23. The van der Waals surface area contributed by atoms with Crippen LogP contribution in [-0.4, -0.2) is 22.8 Å². The van der Waals surface area contributed by atoms with Crippen LogP contribution in [0.2, 0.25) is 5.02 Å². The zero-order valence-corrected chi connectivity index (χ0v) is 11.9. The fourth-order valence-corrected chi connectivity index (χ4v) is 2.05. The molecule has 0 bridgehead atoms. The first-order valence-corrected chi connectivity index (χ1v) is 6.50. The van der Waals surface area contributed by atoms with E-state index in [4.69, 9.17) is 11.6 Å². The molecule has 0 aliphatic rings. The van der Waals surface area contributed by atoms with E-state index in [2.05, 4.69) is 4.98 Å². The zero-order chi connectivity index (χ0) is 14.7. The van der Waals surface area contributed by atoms with Crippen molar-refractivity contribution in [3.8, 4) is 0 Å². The van der Waals surface area contributed by atoms with E-state index in [1.807, 2.05) is 13.0 Å². The molecule has 1 heterocycles. The van der Waals surface area contributed by atoms with Gasteiger partial charge in [0.15, 0.2) is 0 Å². The minimum Gasteiger partial charge on any atom is -0.335 e. The van der Waals surface area contributed by atoms with Gasteiger partial charge in [0.1, 0.15) is 5.82 Å². The average molecular weight is 293 g/mol. The van der Waals surface area contributed by atoms with E-state index in [1.54, 1.807) is 25.5 Å². The Kier molecular flexibility index (Phi) is 4.35. The van der Waals surface area contributed by atoms with Gasteiger partial charge in [-0.15, -0.1) is 0 Å². The van der Waals surface area contributed by atoms with E-state index in [0.29, 0.717) is 5.02 Å². The molecule has 0 saturated carbocycles. The number of carbonyl (C=O) groups is 1. The average Bonchev–Trinajstić information content (AvgIpc) is 2.48. The lowest BCUT2D eigenvalue weighted by Crippen LogP contribution is -2.30. The number of carbonyl (C=O) groups excluding carboxylic acids is 1. The SMILES string of the molecule is CC(c1cccnc1)N(C)C(=O)c1cc(Cl)ccc1F. The quantitative estimate of drug-likeness (QED) is 0.864. The summed E-state index contributed by atoms with van der Waals surface area (Å²) in [5.41, 5.74) is 0.849. The Balaban J connectivity index is 2.27. The molecule has 1 unspecified atom stereocenters. The summed E-state index contributed by atoms with van der Waals surface area (Å²) in [5, 5.41) is 0.331. The number of hydrogen-bond acceptors (Lipinski definition) is 2. The monoisotopic (exact) mass is 292 g/mol. The molecule has 0 saturated heterocycles. The van der Waals surface area contributed by atoms with Crippen LogP contribution in [0.1, 0.15) is 28.9 Å². The van der Waals surface area contributed by atoms with Gasteiger partial charge in [-0.3, -0.25) is 9.78 Å². The molecule has 2 aromatic rings. The summed E-state index contributed by atoms with van der Waals surface area (Å²) in [6.07, 6.45) is 3.34. The second-order valence-corrected chi connectivity index (χ2v) is 4.94. The van der Waals surface area contributed by atoms with Crippen LogP contribution in [0, 0.1) is 5.82 Å². The minimum absolute atomic E-state index is 0.0317. The molecule has 0 fully saturated rings. The van der Waals surface area contributed by atoms with E-state index >= 15 is 0 Å². The van der Waals surface area contributed by atoms with Crippen molar-refractivity contribution in [1.82, 2.24) is 9.88 Å². The van der Waals surface area contributed by atoms with Gasteiger partial charge >= 0.3 is 0 Å². The number of nitrogens with zero attached hydrogens (tertiary/aromatic N) is 2. The number of pyridine rings is 1. The predicted octanol–water partition coefficient (Wildman–Crippen LogP) is 3.71. The fraction of sp³-hybridized carbons (Fsp3) is 0.200. The lowest BCUT2D eigenvalue weighted by molar-refractivity contribution is 0.0737. The fourth-order valence-electron chi connectivity index (χ4n) is 1.87. The lowest BCUT2D eigenvalue weighted by Gasteiger charge is -2.25. The minimum atomic E-state index is -0.579. The molecule has 0 N–H and O–H groups in total. The van der Waals surface area contributed by atoms with Crippen LogP contribution in [-0.2, 0) is 0 Å². The van der Waals surface area contributed by atoms with Crippen molar-refractivity contribution >= 4 is 17.5 Å². The topological polar surface area (TPSA) is 33.2 Å². The number of hydrogen-bond donors (Lipinski definition) is 0. The summed E-state index contributed by atoms with van der Waals surface area (Å²) < 4.78 is 13.7. The first-order valence-electron chi connectivity index (χ1n) is 6.13. The first-order chi connectivity index (χ1) is 9.50. The predicted molar refractivity (Wildman–Crippen MR) is 76.2 cm³/mol. The highest BCUT2D eigenvalue weighted by Crippen LogP contribution is 2.22. The van der Waals surface area contributed by atoms with Gasteiger partial charge in [-0.2, -0.15) is 0 Å². The molecule has 1 amide bonds. The molecule has 0 aliphatic carbocycles. The molecule has 0 spiro atoms. The third-order valence-corrected chi connectivity index (χ3v) is 3.46. The van der Waals surface area contributed by atoms with Gasteiger partial charge in [0.05, 0.1) is 11.6 Å². The van der Waals surface area contributed by atoms with Crippen molar-refractivity contribution in [1.29, 1.82) is 0 Å². The van der Waals surface area contributed by atoms with Crippen LogP contribution in [0.15, 0.2) is 42.7 Å². The Bertz CT molecular complexity index is 619. The van der Waals surface area contributed by atoms with Crippen molar-refractivity contribution in [2.24, 2.45) is 0 Å². The molecule has 3 nitrogen and oxygen atoms in total. The highest BCUT2D eigenvalue weighted by molar-refractivity contribution is 6.31. The Hall–Kier alpha value is -1.94. The van der Waals surface area contributed by atoms with Crippen molar-refractivity contribution in [3.05, 3.63) is 64.7 Å². The van der Waals surface area contributed by atoms with Crippen LogP contribution in [0.25, 0.3) is 0 Å². The van der Waals surface area contributed by atoms with Crippen LogP contribution in [0.4, 0.5) is 4.39 Å². The molecule has 1 aromatic heterocycles. The van der Waals surface area contributed by atoms with Gasteiger partial charge in [-0.1, -0.05) is 17.7 Å². The summed E-state index contributed by atoms with van der Waals surface area (Å²) >= 11 is 5.81. The van der Waals surface area contributed by atoms with Crippen LogP contribution >= 0.6 is 11.6 Å². The van der Waals surface area contributed by atoms with Crippen LogP contribution in [0.5, 0.6) is 0 Å². The standard InChI is InChI=1S/C15H14ClFN2O/c1-10(11-4-3-7-18-9-11)19(2)15(20)13-8-12(16)5-6-14(13)17/h3-10H,1-2H3. The molecule has 104 valence electrons. The van der Waals surface area contributed by atoms with E-state index < -0.39 is 11.7 Å². The number of amides is 1. The van der Waals surface area contributed by atoms with Crippen LogP contribution in [0.3, 0.4) is 0 Å². The van der Waals surface area contributed by atoms with Crippen LogP contribution < -0.4 is 0 Å². The molecule has 5 heteroatoms. The number of halogens is 2. The van der Waals surface area contributed by atoms with Crippen molar-refractivity contribution in [2.75, 3.05) is 7.05 Å². The molecule has 1 aromatic carbocycles. The Morgan fingerprint density at radius 3 is 2.80 bits per heavy atom. The summed E-state index contributed by atoms with van der Waals surface area (Å²) in [5.74, 6) is -0.994. The van der Waals surface area contributed by atoms with Crippen molar-refractivity contribution in [3.63, 3.8) is 0 Å². The summed E-state index contributed by atoms with van der Waals surface area (Å²) in [6, 6.07) is 7.40. The molecule has 0 aliphatic heterocycles. The third kappa shape index (κ3) is 2.96. The molecular formula is C15H14ClFN2O. The van der Waals surface area contributed by atoms with E-state index in [1.165, 1.54) is 23.1 Å². The first kappa shape index (κ1) is 14.5. The molecular weight excluding hydrogens is 279 g/mol. The van der Waals surface area contributed by atoms with E-state index in [0.717, 1.165) is 5.56 Å².